The topological polar surface area (TPSA) is 105 Å². The maximum atomic E-state index is 13.8. The van der Waals surface area contributed by atoms with Gasteiger partial charge in [-0.05, 0) is 35.4 Å². The first-order chi connectivity index (χ1) is 14.8. The molecule has 0 saturated heterocycles. The van der Waals surface area contributed by atoms with E-state index < -0.39 is 29.0 Å². The van der Waals surface area contributed by atoms with Crippen molar-refractivity contribution < 1.29 is 28.6 Å². The Morgan fingerprint density at radius 1 is 1.16 bits per heavy atom. The molecule has 1 aromatic heterocycles. The molecule has 7 nitrogen and oxygen atoms in total. The van der Waals surface area contributed by atoms with Crippen molar-refractivity contribution in [2.45, 2.75) is 11.8 Å². The molecule has 31 heavy (non-hydrogen) atoms. The fraction of sp³-hybridized carbons (Fsp3) is 0.136. The summed E-state index contributed by atoms with van der Waals surface area (Å²) in [6.45, 7) is 0. The van der Waals surface area contributed by atoms with E-state index >= 15 is 0 Å². The molecule has 0 unspecified atom stereocenters. The van der Waals surface area contributed by atoms with E-state index in [9.17, 15) is 23.9 Å². The van der Waals surface area contributed by atoms with E-state index in [0.29, 0.717) is 27.3 Å². The fourth-order valence-electron chi connectivity index (χ4n) is 4.28. The van der Waals surface area contributed by atoms with Gasteiger partial charge in [-0.15, -0.1) is 11.3 Å². The minimum absolute atomic E-state index is 0.0000958. The van der Waals surface area contributed by atoms with E-state index in [1.54, 1.807) is 24.3 Å². The van der Waals surface area contributed by atoms with Crippen LogP contribution < -0.4 is 15.4 Å². The number of carbonyl (C=O) groups excluding carboxylic acids is 2. The second-order valence-electron chi connectivity index (χ2n) is 7.32. The number of nitrogens with one attached hydrogen (secondary N) is 2. The summed E-state index contributed by atoms with van der Waals surface area (Å²) in [5, 5.41) is 15.3. The highest BCUT2D eigenvalue weighted by atomic mass is 32.1. The van der Waals surface area contributed by atoms with Gasteiger partial charge in [-0.3, -0.25) is 9.59 Å². The molecule has 2 amide bonds. The number of ether oxygens (including phenoxy) is 1. The lowest BCUT2D eigenvalue weighted by molar-refractivity contribution is -0.125. The Labute approximate surface area is 179 Å². The molecule has 3 N–H and O–H groups in total. The van der Waals surface area contributed by atoms with Gasteiger partial charge in [0.15, 0.2) is 0 Å². The molecule has 2 aliphatic heterocycles. The summed E-state index contributed by atoms with van der Waals surface area (Å²) >= 11 is 0.944. The van der Waals surface area contributed by atoms with Gasteiger partial charge in [0.1, 0.15) is 21.9 Å². The molecule has 0 fully saturated rings. The molecule has 9 heteroatoms. The predicted octanol–water partition coefficient (Wildman–Crippen LogP) is 3.84. The van der Waals surface area contributed by atoms with Crippen molar-refractivity contribution in [3.63, 3.8) is 0 Å². The van der Waals surface area contributed by atoms with E-state index in [4.69, 9.17) is 4.74 Å². The van der Waals surface area contributed by atoms with Crippen LogP contribution in [0.2, 0.25) is 0 Å². The number of thiophene rings is 1. The van der Waals surface area contributed by atoms with Gasteiger partial charge in [-0.25, -0.2) is 9.18 Å². The zero-order valence-corrected chi connectivity index (χ0v) is 16.9. The highest BCUT2D eigenvalue weighted by Crippen LogP contribution is 2.56. The lowest BCUT2D eigenvalue weighted by Crippen LogP contribution is -2.42. The number of hydrogen-bond acceptors (Lipinski definition) is 5. The Balaban J connectivity index is 1.80. The molecule has 5 rings (SSSR count). The smallest absolute Gasteiger partial charge is 0.346 e. The second kappa shape index (κ2) is 6.64. The Morgan fingerprint density at radius 3 is 2.58 bits per heavy atom. The summed E-state index contributed by atoms with van der Waals surface area (Å²) in [6, 6.07) is 10.7. The van der Waals surface area contributed by atoms with Gasteiger partial charge >= 0.3 is 5.97 Å². The molecular weight excluding hydrogens is 423 g/mol. The molecule has 2 aliphatic rings. The Morgan fingerprint density at radius 2 is 1.90 bits per heavy atom. The number of carbonyl (C=O) groups is 3. The largest absolute Gasteiger partial charge is 0.497 e. The lowest BCUT2D eigenvalue weighted by Gasteiger charge is -2.31. The molecular formula is C22H15FN2O5S. The van der Waals surface area contributed by atoms with Crippen LogP contribution >= 0.6 is 11.3 Å². The summed E-state index contributed by atoms with van der Waals surface area (Å²) in [7, 11) is 1.52. The molecule has 3 aromatic rings. The van der Waals surface area contributed by atoms with Crippen molar-refractivity contribution in [2.75, 3.05) is 17.7 Å². The summed E-state index contributed by atoms with van der Waals surface area (Å²) in [6.07, 6.45) is -0.202. The van der Waals surface area contributed by atoms with Gasteiger partial charge in [0, 0.05) is 11.3 Å². The molecule has 0 radical (unpaired) electrons. The minimum atomic E-state index is -1.42. The number of hydrogen-bond donors (Lipinski definition) is 3. The van der Waals surface area contributed by atoms with Crippen molar-refractivity contribution in [3.8, 4) is 16.9 Å². The number of carboxylic acids is 1. The fourth-order valence-corrected chi connectivity index (χ4v) is 5.60. The van der Waals surface area contributed by atoms with Gasteiger partial charge in [0.25, 0.3) is 0 Å². The Kier molecular flexibility index (Phi) is 4.13. The Bertz CT molecular complexity index is 1280. The third kappa shape index (κ3) is 2.66. The molecule has 0 aliphatic carbocycles. The van der Waals surface area contributed by atoms with Crippen LogP contribution in [0.4, 0.5) is 15.8 Å². The number of anilines is 2. The van der Waals surface area contributed by atoms with Gasteiger partial charge in [-0.1, -0.05) is 18.2 Å². The standard InChI is InChI=1S/C22H15FN2O5S/c1-30-12-5-2-10(3-6-12)16-17-19(31-18(16)20(27)28)22(9-15(26)25-17)13-7-4-11(23)8-14(13)24-21(22)29/h2-8H,9H2,1H3,(H,24,29)(H,25,26)(H,27,28)/t22-/m1/s1. The maximum absolute atomic E-state index is 13.8. The Hall–Kier alpha value is -3.72. The van der Waals surface area contributed by atoms with Crippen molar-refractivity contribution in [1.29, 1.82) is 0 Å². The number of methoxy groups -OCH3 is 1. The number of amides is 2. The van der Waals surface area contributed by atoms with Gasteiger partial charge in [0.05, 0.1) is 24.1 Å². The number of rotatable bonds is 3. The van der Waals surface area contributed by atoms with Crippen LogP contribution in [0, 0.1) is 5.82 Å². The first-order valence-electron chi connectivity index (χ1n) is 9.31. The summed E-state index contributed by atoms with van der Waals surface area (Å²) in [5.41, 5.74) is 0.490. The monoisotopic (exact) mass is 438 g/mol. The van der Waals surface area contributed by atoms with Gasteiger partial charge in [-0.2, -0.15) is 0 Å². The van der Waals surface area contributed by atoms with Gasteiger partial charge < -0.3 is 20.5 Å². The third-order valence-corrected chi connectivity index (χ3v) is 6.98. The number of aromatic carboxylic acids is 1. The summed E-state index contributed by atoms with van der Waals surface area (Å²) in [5.74, 6) is -2.01. The zero-order chi connectivity index (χ0) is 21.9. The van der Waals surface area contributed by atoms with Gasteiger partial charge in [0.2, 0.25) is 11.8 Å². The van der Waals surface area contributed by atoms with Crippen LogP contribution in [0.3, 0.4) is 0 Å². The molecule has 0 bridgehead atoms. The molecule has 1 spiro atoms. The predicted molar refractivity (Wildman–Crippen MR) is 112 cm³/mol. The molecule has 3 heterocycles. The minimum Gasteiger partial charge on any atom is -0.497 e. The third-order valence-electron chi connectivity index (χ3n) is 5.64. The molecule has 1 atom stereocenters. The average Bonchev–Trinajstić information content (AvgIpc) is 3.24. The first-order valence-corrected chi connectivity index (χ1v) is 10.1. The first kappa shape index (κ1) is 19.3. The molecule has 2 aromatic carbocycles. The molecule has 156 valence electrons. The van der Waals surface area contributed by atoms with E-state index in [0.717, 1.165) is 11.3 Å². The summed E-state index contributed by atoms with van der Waals surface area (Å²) < 4.78 is 18.9. The number of halogens is 1. The van der Waals surface area contributed by atoms with Crippen molar-refractivity contribution in [3.05, 3.63) is 63.6 Å². The van der Waals surface area contributed by atoms with Crippen LogP contribution in [-0.4, -0.2) is 30.0 Å². The van der Waals surface area contributed by atoms with Crippen molar-refractivity contribution in [2.24, 2.45) is 0 Å². The van der Waals surface area contributed by atoms with Crippen molar-refractivity contribution >= 4 is 40.5 Å². The van der Waals surface area contributed by atoms with E-state index in [-0.39, 0.29) is 22.7 Å². The quantitative estimate of drug-likeness (QED) is 0.576. The van der Waals surface area contributed by atoms with Crippen LogP contribution in [-0.2, 0) is 15.0 Å². The van der Waals surface area contributed by atoms with E-state index in [2.05, 4.69) is 10.6 Å². The van der Waals surface area contributed by atoms with Crippen LogP contribution in [0.1, 0.15) is 26.5 Å². The van der Waals surface area contributed by atoms with Crippen LogP contribution in [0.5, 0.6) is 5.75 Å². The van der Waals surface area contributed by atoms with Crippen LogP contribution in [0.25, 0.3) is 11.1 Å². The highest BCUT2D eigenvalue weighted by molar-refractivity contribution is 7.15. The van der Waals surface area contributed by atoms with E-state index in [1.165, 1.54) is 25.3 Å². The second-order valence-corrected chi connectivity index (χ2v) is 8.34. The number of fused-ring (bicyclic) bond motifs is 4. The van der Waals surface area contributed by atoms with Crippen LogP contribution in [0.15, 0.2) is 42.5 Å². The van der Waals surface area contributed by atoms with Crippen molar-refractivity contribution in [1.82, 2.24) is 0 Å². The molecule has 0 saturated carbocycles. The summed E-state index contributed by atoms with van der Waals surface area (Å²) in [4.78, 5) is 38.4. The SMILES string of the molecule is COc1ccc(-c2c(C(=O)O)sc3c2NC(=O)C[C@]32C(=O)Nc3cc(F)ccc32)cc1. The maximum Gasteiger partial charge on any atom is 0.346 e. The zero-order valence-electron chi connectivity index (χ0n) is 16.1. The number of benzene rings is 2. The lowest BCUT2D eigenvalue weighted by atomic mass is 9.74. The van der Waals surface area contributed by atoms with E-state index in [1.807, 2.05) is 0 Å². The average molecular weight is 438 g/mol. The normalized spacial score (nSPS) is 18.9. The number of carboxylic acid groups (broad SMARTS) is 1. The highest BCUT2D eigenvalue weighted by Gasteiger charge is 2.55.